The lowest BCUT2D eigenvalue weighted by Crippen LogP contribution is -2.25. The molecular weight excluding hydrogens is 256 g/mol. The molecule has 5 nitrogen and oxygen atoms in total. The number of ether oxygens (including phenoxy) is 2. The smallest absolute Gasteiger partial charge is 0.306 e. The molecule has 2 aliphatic rings. The molecule has 0 amide bonds. The molecule has 1 atom stereocenters. The highest BCUT2D eigenvalue weighted by molar-refractivity contribution is 7.86. The summed E-state index contributed by atoms with van der Waals surface area (Å²) in [7, 11) is -3.50. The van der Waals surface area contributed by atoms with Gasteiger partial charge in [-0.05, 0) is 23.3 Å². The molecule has 1 fully saturated rings. The molecule has 1 saturated heterocycles. The maximum Gasteiger partial charge on any atom is 0.306 e. The Morgan fingerprint density at radius 3 is 2.89 bits per heavy atom. The van der Waals surface area contributed by atoms with Crippen LogP contribution in [0.4, 0.5) is 0 Å². The predicted octanol–water partition coefficient (Wildman–Crippen LogP) is 1.17. The van der Waals surface area contributed by atoms with Gasteiger partial charge in [0.2, 0.25) is 0 Å². The Hall–Kier alpha value is -1.11. The lowest BCUT2D eigenvalue weighted by atomic mass is 9.91. The molecule has 0 aliphatic carbocycles. The van der Waals surface area contributed by atoms with Gasteiger partial charge in [-0.3, -0.25) is 0 Å². The molecule has 2 aliphatic heterocycles. The van der Waals surface area contributed by atoms with Crippen molar-refractivity contribution in [3.63, 3.8) is 0 Å². The van der Waals surface area contributed by atoms with Crippen molar-refractivity contribution in [2.45, 2.75) is 18.6 Å². The maximum atomic E-state index is 11.1. The number of fused-ring (bicyclic) bond motifs is 2. The first kappa shape index (κ1) is 12.0. The summed E-state index contributed by atoms with van der Waals surface area (Å²) in [5, 5.41) is 0. The minimum absolute atomic E-state index is 0.327. The Labute approximate surface area is 106 Å². The van der Waals surface area contributed by atoms with Crippen molar-refractivity contribution in [3.05, 3.63) is 29.3 Å². The van der Waals surface area contributed by atoms with E-state index in [1.807, 2.05) is 6.07 Å². The van der Waals surface area contributed by atoms with Crippen molar-refractivity contribution in [2.75, 3.05) is 19.5 Å². The van der Waals surface area contributed by atoms with Gasteiger partial charge in [0.15, 0.2) is 0 Å². The van der Waals surface area contributed by atoms with E-state index in [1.54, 1.807) is 12.1 Å². The number of rotatable bonds is 2. The Morgan fingerprint density at radius 2 is 2.22 bits per heavy atom. The Kier molecular flexibility index (Phi) is 2.62. The molecule has 18 heavy (non-hydrogen) atoms. The fraction of sp³-hybridized carbons (Fsp3) is 0.500. The van der Waals surface area contributed by atoms with Gasteiger partial charge in [0.25, 0.3) is 0 Å². The molecule has 6 heteroatoms. The van der Waals surface area contributed by atoms with Crippen molar-refractivity contribution in [1.82, 2.24) is 0 Å². The first-order valence-electron chi connectivity index (χ1n) is 5.73. The zero-order valence-corrected chi connectivity index (χ0v) is 10.8. The first-order chi connectivity index (χ1) is 8.49. The van der Waals surface area contributed by atoms with Gasteiger partial charge in [0, 0.05) is 13.0 Å². The van der Waals surface area contributed by atoms with E-state index in [1.165, 1.54) is 0 Å². The predicted molar refractivity (Wildman–Crippen MR) is 63.8 cm³/mol. The third kappa shape index (κ3) is 2.00. The second kappa shape index (κ2) is 3.94. The molecule has 0 N–H and O–H groups in total. The zero-order chi connectivity index (χ0) is 12.8. The molecule has 0 radical (unpaired) electrons. The minimum atomic E-state index is -3.50. The molecule has 1 aromatic rings. The molecule has 2 heterocycles. The van der Waals surface area contributed by atoms with Crippen molar-refractivity contribution >= 4 is 10.1 Å². The van der Waals surface area contributed by atoms with Gasteiger partial charge in [0.05, 0.1) is 19.5 Å². The van der Waals surface area contributed by atoms with E-state index < -0.39 is 15.7 Å². The van der Waals surface area contributed by atoms with Crippen molar-refractivity contribution < 1.29 is 22.1 Å². The van der Waals surface area contributed by atoms with Crippen LogP contribution in [0.3, 0.4) is 0 Å². The highest BCUT2D eigenvalue weighted by atomic mass is 32.2. The monoisotopic (exact) mass is 270 g/mol. The van der Waals surface area contributed by atoms with Gasteiger partial charge in [0.1, 0.15) is 11.4 Å². The molecule has 0 saturated carbocycles. The van der Waals surface area contributed by atoms with Crippen LogP contribution in [-0.4, -0.2) is 27.9 Å². The van der Waals surface area contributed by atoms with E-state index in [-0.39, 0.29) is 0 Å². The van der Waals surface area contributed by atoms with Crippen LogP contribution in [0.15, 0.2) is 18.2 Å². The van der Waals surface area contributed by atoms with Crippen LogP contribution >= 0.6 is 0 Å². The molecule has 0 bridgehead atoms. The molecular formula is C12H14O5S. The van der Waals surface area contributed by atoms with Crippen LogP contribution in [0.1, 0.15) is 17.5 Å². The molecule has 98 valence electrons. The van der Waals surface area contributed by atoms with Crippen LogP contribution in [0.2, 0.25) is 0 Å². The van der Waals surface area contributed by atoms with E-state index in [9.17, 15) is 8.42 Å². The van der Waals surface area contributed by atoms with Crippen LogP contribution in [0.5, 0.6) is 5.75 Å². The lowest BCUT2D eigenvalue weighted by molar-refractivity contribution is -0.0421. The van der Waals surface area contributed by atoms with E-state index >= 15 is 0 Å². The summed E-state index contributed by atoms with van der Waals surface area (Å²) >= 11 is 0. The summed E-state index contributed by atoms with van der Waals surface area (Å²) in [6.45, 7) is 1.72. The number of hydrogen-bond donors (Lipinski definition) is 0. The van der Waals surface area contributed by atoms with Gasteiger partial charge in [-0.25, -0.2) is 0 Å². The fourth-order valence-corrected chi connectivity index (χ4v) is 2.95. The summed E-state index contributed by atoms with van der Waals surface area (Å²) in [6.07, 6.45) is 1.83. The van der Waals surface area contributed by atoms with Crippen molar-refractivity contribution in [3.8, 4) is 5.75 Å². The normalized spacial score (nSPS) is 26.5. The topological polar surface area (TPSA) is 61.8 Å². The van der Waals surface area contributed by atoms with Gasteiger partial charge >= 0.3 is 10.1 Å². The summed E-state index contributed by atoms with van der Waals surface area (Å²) in [5.74, 6) is 0.327. The number of hydrogen-bond acceptors (Lipinski definition) is 5. The summed E-state index contributed by atoms with van der Waals surface area (Å²) in [4.78, 5) is 0. The lowest BCUT2D eigenvalue weighted by Gasteiger charge is -2.21. The Balaban J connectivity index is 1.99. The van der Waals surface area contributed by atoms with E-state index in [4.69, 9.17) is 13.7 Å². The molecule has 1 spiro atoms. The van der Waals surface area contributed by atoms with Gasteiger partial charge < -0.3 is 13.7 Å². The van der Waals surface area contributed by atoms with Crippen molar-refractivity contribution in [1.29, 1.82) is 0 Å². The summed E-state index contributed by atoms with van der Waals surface area (Å²) < 4.78 is 38.4. The standard InChI is InChI=1S/C12H14O5S/c1-18(13,14)17-10-3-2-9-7-16-12(11(9)6-10)4-5-15-8-12/h2-3,6H,4-5,7-8H2,1H3. The largest absolute Gasteiger partial charge is 0.383 e. The average molecular weight is 270 g/mol. The average Bonchev–Trinajstić information content (AvgIpc) is 2.87. The van der Waals surface area contributed by atoms with E-state index in [2.05, 4.69) is 0 Å². The summed E-state index contributed by atoms with van der Waals surface area (Å²) in [5.41, 5.74) is 1.65. The molecule has 1 aromatic carbocycles. The third-order valence-electron chi connectivity index (χ3n) is 3.31. The Bertz CT molecular complexity index is 572. The molecule has 0 aromatic heterocycles. The van der Waals surface area contributed by atoms with Crippen LogP contribution in [0.25, 0.3) is 0 Å². The van der Waals surface area contributed by atoms with E-state index in [0.717, 1.165) is 23.8 Å². The first-order valence-corrected chi connectivity index (χ1v) is 7.55. The van der Waals surface area contributed by atoms with Crippen LogP contribution in [-0.2, 0) is 31.8 Å². The maximum absolute atomic E-state index is 11.1. The van der Waals surface area contributed by atoms with E-state index in [0.29, 0.717) is 25.6 Å². The SMILES string of the molecule is CS(=O)(=O)Oc1ccc2c(c1)C1(CCOC1)OC2. The van der Waals surface area contributed by atoms with Gasteiger partial charge in [-0.2, -0.15) is 8.42 Å². The fourth-order valence-electron chi connectivity index (χ4n) is 2.50. The third-order valence-corrected chi connectivity index (χ3v) is 3.80. The molecule has 1 unspecified atom stereocenters. The highest BCUT2D eigenvalue weighted by Gasteiger charge is 2.43. The summed E-state index contributed by atoms with van der Waals surface area (Å²) in [6, 6.07) is 5.25. The molecule has 3 rings (SSSR count). The number of benzene rings is 1. The highest BCUT2D eigenvalue weighted by Crippen LogP contribution is 2.43. The van der Waals surface area contributed by atoms with Gasteiger partial charge in [-0.1, -0.05) is 6.07 Å². The van der Waals surface area contributed by atoms with Crippen molar-refractivity contribution in [2.24, 2.45) is 0 Å². The quantitative estimate of drug-likeness (QED) is 0.755. The minimum Gasteiger partial charge on any atom is -0.383 e. The second-order valence-corrected chi connectivity index (χ2v) is 6.27. The Morgan fingerprint density at radius 1 is 1.39 bits per heavy atom. The van der Waals surface area contributed by atoms with Crippen LogP contribution < -0.4 is 4.18 Å². The van der Waals surface area contributed by atoms with Gasteiger partial charge in [-0.15, -0.1) is 0 Å². The van der Waals surface area contributed by atoms with Crippen LogP contribution in [0, 0.1) is 0 Å². The zero-order valence-electron chi connectivity index (χ0n) is 10.0. The second-order valence-electron chi connectivity index (χ2n) is 4.69.